The van der Waals surface area contributed by atoms with Gasteiger partial charge < -0.3 is 10.2 Å². The first-order chi connectivity index (χ1) is 18.6. The smallest absolute Gasteiger partial charge is 0.355 e. The van der Waals surface area contributed by atoms with Gasteiger partial charge in [-0.15, -0.1) is 11.3 Å². The molecule has 1 aromatic heterocycles. The number of nitrogens with zero attached hydrogens (tertiary/aromatic N) is 4. The molecule has 0 unspecified atom stereocenters. The number of anilines is 2. The van der Waals surface area contributed by atoms with Crippen LogP contribution in [0.5, 0.6) is 0 Å². The van der Waals surface area contributed by atoms with Crippen LogP contribution < -0.4 is 5.32 Å². The number of aliphatic imine (C=N–C) groups is 1. The molecule has 39 heavy (non-hydrogen) atoms. The number of alkyl halides is 3. The number of carbonyl (C=O) groups is 1. The van der Waals surface area contributed by atoms with Crippen LogP contribution in [0.4, 0.5) is 24.5 Å². The number of allylic oxidation sites excluding steroid dienone is 1. The van der Waals surface area contributed by atoms with Crippen LogP contribution in [-0.2, 0) is 30.5 Å². The van der Waals surface area contributed by atoms with Gasteiger partial charge in [-0.3, -0.25) is 10.0 Å². The molecule has 0 radical (unpaired) electrons. The number of amides is 1. The highest BCUT2D eigenvalue weighted by Gasteiger charge is 2.30. The fourth-order valence-corrected chi connectivity index (χ4v) is 4.94. The lowest BCUT2D eigenvalue weighted by atomic mass is 9.97. The SMILES string of the molecule is C/C=C(\N=C(C(C)C)N(O)Cc1nccs1)C(=O)N1CCc2c(cccc2Nc2ccc(C(F)(F)F)cc2)C1. The molecule has 0 fully saturated rings. The van der Waals surface area contributed by atoms with E-state index in [1.165, 1.54) is 23.5 Å². The second kappa shape index (κ2) is 12.0. The molecule has 4 rings (SSSR count). The minimum absolute atomic E-state index is 0.140. The number of rotatable bonds is 7. The molecular weight excluding hydrogens is 527 g/mol. The molecule has 1 aliphatic heterocycles. The molecule has 1 amide bonds. The van der Waals surface area contributed by atoms with E-state index >= 15 is 0 Å². The molecule has 1 aliphatic rings. The molecule has 2 N–H and O–H groups in total. The first kappa shape index (κ1) is 28.3. The highest BCUT2D eigenvalue weighted by atomic mass is 32.1. The zero-order valence-corrected chi connectivity index (χ0v) is 22.7. The second-order valence-electron chi connectivity index (χ2n) is 9.40. The quantitative estimate of drug-likeness (QED) is 0.147. The van der Waals surface area contributed by atoms with Gasteiger partial charge in [0.2, 0.25) is 0 Å². The highest BCUT2D eigenvalue weighted by molar-refractivity contribution is 7.09. The van der Waals surface area contributed by atoms with E-state index in [0.717, 1.165) is 39.0 Å². The van der Waals surface area contributed by atoms with Crippen LogP contribution in [0.3, 0.4) is 0 Å². The highest BCUT2D eigenvalue weighted by Crippen LogP contribution is 2.32. The number of benzene rings is 2. The molecule has 0 saturated heterocycles. The number of aromatic nitrogens is 1. The number of carbonyl (C=O) groups excluding carboxylic acids is 1. The maximum atomic E-state index is 13.5. The average Bonchev–Trinajstić information content (AvgIpc) is 3.41. The largest absolute Gasteiger partial charge is 0.416 e. The molecule has 0 saturated carbocycles. The molecule has 0 atom stereocenters. The average molecular weight is 558 g/mol. The van der Waals surface area contributed by atoms with Crippen LogP contribution in [0.25, 0.3) is 0 Å². The normalized spacial score (nSPS) is 14.4. The Bertz CT molecular complexity index is 1350. The number of hydrogen-bond acceptors (Lipinski definition) is 6. The van der Waals surface area contributed by atoms with Gasteiger partial charge in [-0.25, -0.2) is 15.0 Å². The molecule has 0 bridgehead atoms. The predicted octanol–water partition coefficient (Wildman–Crippen LogP) is 6.64. The molecule has 2 heterocycles. The summed E-state index contributed by atoms with van der Waals surface area (Å²) in [7, 11) is 0. The summed E-state index contributed by atoms with van der Waals surface area (Å²) in [4.78, 5) is 23.9. The van der Waals surface area contributed by atoms with E-state index < -0.39 is 11.7 Å². The van der Waals surface area contributed by atoms with Gasteiger partial charge in [0.15, 0.2) is 0 Å². The van der Waals surface area contributed by atoms with Crippen molar-refractivity contribution in [3.05, 3.63) is 87.5 Å². The topological polar surface area (TPSA) is 81.1 Å². The Hall–Kier alpha value is -3.70. The first-order valence-electron chi connectivity index (χ1n) is 12.5. The van der Waals surface area contributed by atoms with E-state index in [-0.39, 0.29) is 24.1 Å². The molecule has 3 aromatic rings. The van der Waals surface area contributed by atoms with E-state index in [4.69, 9.17) is 0 Å². The number of amidine groups is 1. The Morgan fingerprint density at radius 3 is 2.62 bits per heavy atom. The zero-order valence-electron chi connectivity index (χ0n) is 21.9. The summed E-state index contributed by atoms with van der Waals surface area (Å²) < 4.78 is 38.7. The van der Waals surface area contributed by atoms with Crippen molar-refractivity contribution in [1.82, 2.24) is 14.9 Å². The summed E-state index contributed by atoms with van der Waals surface area (Å²) >= 11 is 1.42. The van der Waals surface area contributed by atoms with Crippen LogP contribution in [0.1, 0.15) is 42.5 Å². The standard InChI is InChI=1S/C28H30F3N5O2S/c1-4-23(34-26(18(2)3)36(38)17-25-32-13-15-39-25)27(37)35-14-12-22-19(16-35)6-5-7-24(22)33-21-10-8-20(9-11-21)28(29,30)31/h4-11,13,15,18,33,38H,12,14,16-17H2,1-3H3/b23-4-,34-26?. The van der Waals surface area contributed by atoms with Crippen LogP contribution in [-0.4, -0.2) is 38.4 Å². The lowest BCUT2D eigenvalue weighted by molar-refractivity contribution is -0.137. The van der Waals surface area contributed by atoms with Crippen molar-refractivity contribution >= 4 is 34.5 Å². The fraction of sp³-hybridized carbons (Fsp3) is 0.321. The van der Waals surface area contributed by atoms with Crippen molar-refractivity contribution in [3.8, 4) is 0 Å². The van der Waals surface area contributed by atoms with Gasteiger partial charge in [0, 0.05) is 42.0 Å². The predicted molar refractivity (Wildman–Crippen MR) is 146 cm³/mol. The van der Waals surface area contributed by atoms with Gasteiger partial charge in [0.05, 0.1) is 12.1 Å². The van der Waals surface area contributed by atoms with Crippen molar-refractivity contribution in [1.29, 1.82) is 0 Å². The molecule has 0 spiro atoms. The Morgan fingerprint density at radius 1 is 1.26 bits per heavy atom. The van der Waals surface area contributed by atoms with Crippen LogP contribution >= 0.6 is 11.3 Å². The minimum Gasteiger partial charge on any atom is -0.355 e. The maximum Gasteiger partial charge on any atom is 0.416 e. The number of halogens is 3. The monoisotopic (exact) mass is 557 g/mol. The lowest BCUT2D eigenvalue weighted by Gasteiger charge is -2.31. The second-order valence-corrected chi connectivity index (χ2v) is 10.4. The van der Waals surface area contributed by atoms with Gasteiger partial charge in [0.1, 0.15) is 16.5 Å². The van der Waals surface area contributed by atoms with E-state index in [0.29, 0.717) is 31.0 Å². The third-order valence-corrected chi connectivity index (χ3v) is 7.09. The van der Waals surface area contributed by atoms with E-state index in [9.17, 15) is 23.2 Å². The Morgan fingerprint density at radius 2 is 2.00 bits per heavy atom. The minimum atomic E-state index is -4.39. The van der Waals surface area contributed by atoms with Gasteiger partial charge in [-0.05, 0) is 54.8 Å². The van der Waals surface area contributed by atoms with Gasteiger partial charge in [-0.1, -0.05) is 32.1 Å². The van der Waals surface area contributed by atoms with Crippen molar-refractivity contribution in [2.24, 2.45) is 10.9 Å². The van der Waals surface area contributed by atoms with Crippen LogP contribution in [0.2, 0.25) is 0 Å². The molecule has 7 nitrogen and oxygen atoms in total. The summed E-state index contributed by atoms with van der Waals surface area (Å²) in [6.07, 6.45) is -0.513. The van der Waals surface area contributed by atoms with Crippen molar-refractivity contribution < 1.29 is 23.2 Å². The molecule has 2 aromatic carbocycles. The van der Waals surface area contributed by atoms with Gasteiger partial charge in [-0.2, -0.15) is 13.2 Å². The van der Waals surface area contributed by atoms with Crippen molar-refractivity contribution in [2.75, 3.05) is 11.9 Å². The molecule has 0 aliphatic carbocycles. The lowest BCUT2D eigenvalue weighted by Crippen LogP contribution is -2.38. The van der Waals surface area contributed by atoms with Gasteiger partial charge >= 0.3 is 6.18 Å². The third kappa shape index (κ3) is 6.85. The molecule has 206 valence electrons. The number of thiazole rings is 1. The van der Waals surface area contributed by atoms with Crippen LogP contribution in [0.15, 0.2) is 70.8 Å². The summed E-state index contributed by atoms with van der Waals surface area (Å²) in [5, 5.41) is 17.5. The molecule has 11 heteroatoms. The summed E-state index contributed by atoms with van der Waals surface area (Å²) in [5.41, 5.74) is 2.84. The Kier molecular flexibility index (Phi) is 8.71. The summed E-state index contributed by atoms with van der Waals surface area (Å²) in [6.45, 7) is 6.51. The number of hydroxylamine groups is 2. The first-order valence-corrected chi connectivity index (χ1v) is 13.4. The van der Waals surface area contributed by atoms with Crippen molar-refractivity contribution in [3.63, 3.8) is 0 Å². The Balaban J connectivity index is 1.49. The number of fused-ring (bicyclic) bond motifs is 1. The fourth-order valence-electron chi connectivity index (χ4n) is 4.34. The molecular formula is C28H30F3N5O2S. The van der Waals surface area contributed by atoms with E-state index in [2.05, 4.69) is 15.3 Å². The zero-order chi connectivity index (χ0) is 28.2. The Labute approximate surface area is 229 Å². The number of hydrogen-bond donors (Lipinski definition) is 2. The summed E-state index contributed by atoms with van der Waals surface area (Å²) in [5.74, 6) is -0.0178. The maximum absolute atomic E-state index is 13.5. The van der Waals surface area contributed by atoms with E-state index in [1.54, 1.807) is 24.1 Å². The number of nitrogens with one attached hydrogen (secondary N) is 1. The van der Waals surface area contributed by atoms with Crippen LogP contribution in [0, 0.1) is 5.92 Å². The third-order valence-electron chi connectivity index (χ3n) is 6.32. The van der Waals surface area contributed by atoms with Gasteiger partial charge in [0.25, 0.3) is 5.91 Å². The van der Waals surface area contributed by atoms with Crippen molar-refractivity contribution in [2.45, 2.75) is 46.5 Å². The summed E-state index contributed by atoms with van der Waals surface area (Å²) in [6, 6.07) is 10.6. The van der Waals surface area contributed by atoms with E-state index in [1.807, 2.05) is 37.4 Å².